The summed E-state index contributed by atoms with van der Waals surface area (Å²) >= 11 is 0. The van der Waals surface area contributed by atoms with Crippen molar-refractivity contribution in [3.8, 4) is 0 Å². The van der Waals surface area contributed by atoms with Crippen molar-refractivity contribution in [3.63, 3.8) is 0 Å². The smallest absolute Gasteiger partial charge is 0.282 e. The van der Waals surface area contributed by atoms with Crippen LogP contribution < -0.4 is 32.0 Å². The number of fused-ring (bicyclic) bond motifs is 2. The fourth-order valence-electron chi connectivity index (χ4n) is 7.07. The van der Waals surface area contributed by atoms with Gasteiger partial charge >= 0.3 is 0 Å². The third kappa shape index (κ3) is 6.02. The number of piperazine rings is 1. The predicted molar refractivity (Wildman–Crippen MR) is 146 cm³/mol. The zero-order valence-corrected chi connectivity index (χ0v) is 22.9. The van der Waals surface area contributed by atoms with Gasteiger partial charge in [0.2, 0.25) is 0 Å². The van der Waals surface area contributed by atoms with Crippen LogP contribution in [0.3, 0.4) is 0 Å². The van der Waals surface area contributed by atoms with Crippen LogP contribution in [0.1, 0.15) is 39.0 Å². The van der Waals surface area contributed by atoms with Crippen LogP contribution in [-0.4, -0.2) is 103 Å². The van der Waals surface area contributed by atoms with Gasteiger partial charge in [-0.1, -0.05) is 13.5 Å². The molecule has 6 rings (SSSR count). The van der Waals surface area contributed by atoms with Crippen molar-refractivity contribution in [1.29, 1.82) is 0 Å². The predicted octanol–water partition coefficient (Wildman–Crippen LogP) is -0.195. The van der Waals surface area contributed by atoms with E-state index in [1.807, 2.05) is 12.3 Å². The number of amides is 1. The van der Waals surface area contributed by atoms with Crippen LogP contribution in [-0.2, 0) is 9.53 Å². The second-order valence-electron chi connectivity index (χ2n) is 11.8. The molecule has 5 heterocycles. The van der Waals surface area contributed by atoms with E-state index in [1.165, 1.54) is 0 Å². The quantitative estimate of drug-likeness (QED) is 0.252. The standard InChI is InChI=1S/C27H44FN9O2/c1-17-13-19(3-5-22(17)39-20-7-8-37-24(14-20)30-16-32-37)33-26-25-21(29-15-31-26)4-6-23(34-25)35-9-11-36(12-10-35)27(38)18(2)28/h7-8,14,17,19,21-26,29-34H,2-6,9-13,15-16H2,1H3. The molecule has 12 heteroatoms. The summed E-state index contributed by atoms with van der Waals surface area (Å²) in [6.07, 6.45) is 12.4. The highest BCUT2D eigenvalue weighted by Crippen LogP contribution is 2.31. The molecule has 1 aliphatic carbocycles. The highest BCUT2D eigenvalue weighted by Gasteiger charge is 2.41. The van der Waals surface area contributed by atoms with Gasteiger partial charge in [-0.3, -0.25) is 41.3 Å². The highest BCUT2D eigenvalue weighted by atomic mass is 19.1. The number of hydrogen-bond acceptors (Lipinski definition) is 10. The van der Waals surface area contributed by atoms with E-state index >= 15 is 0 Å². The van der Waals surface area contributed by atoms with Crippen molar-refractivity contribution in [2.24, 2.45) is 5.92 Å². The largest absolute Gasteiger partial charge is 0.490 e. The fraction of sp³-hybridized carbons (Fsp3) is 0.741. The third-order valence-electron chi connectivity index (χ3n) is 9.28. The molecular formula is C27H44FN9O2. The molecule has 5 fully saturated rings. The first-order valence-electron chi connectivity index (χ1n) is 14.6. The van der Waals surface area contributed by atoms with Crippen molar-refractivity contribution in [2.75, 3.05) is 39.5 Å². The maximum absolute atomic E-state index is 13.3. The first kappa shape index (κ1) is 27.1. The van der Waals surface area contributed by atoms with Crippen LogP contribution in [0, 0.1) is 5.92 Å². The summed E-state index contributed by atoms with van der Waals surface area (Å²) in [6, 6.07) is 1.12. The number of hydrazine groups is 1. The maximum atomic E-state index is 13.3. The van der Waals surface area contributed by atoms with E-state index < -0.39 is 11.7 Å². The average molecular weight is 546 g/mol. The Morgan fingerprint density at radius 1 is 1.10 bits per heavy atom. The van der Waals surface area contributed by atoms with Crippen LogP contribution in [0.15, 0.2) is 36.5 Å². The number of hydrogen-bond donors (Lipinski definition) is 6. The Morgan fingerprint density at radius 3 is 2.74 bits per heavy atom. The zero-order chi connectivity index (χ0) is 26.9. The van der Waals surface area contributed by atoms with Crippen LogP contribution in [0.5, 0.6) is 0 Å². The van der Waals surface area contributed by atoms with E-state index in [1.54, 1.807) is 4.90 Å². The zero-order valence-electron chi connectivity index (χ0n) is 22.9. The molecule has 0 aromatic heterocycles. The lowest BCUT2D eigenvalue weighted by molar-refractivity contribution is -0.131. The number of rotatable bonds is 6. The van der Waals surface area contributed by atoms with Gasteiger partial charge in [-0.25, -0.2) is 9.82 Å². The summed E-state index contributed by atoms with van der Waals surface area (Å²) in [6.45, 7) is 9.59. The molecule has 11 nitrogen and oxygen atoms in total. The summed E-state index contributed by atoms with van der Waals surface area (Å²) < 4.78 is 19.7. The van der Waals surface area contributed by atoms with Crippen LogP contribution in [0.25, 0.3) is 0 Å². The Balaban J connectivity index is 0.998. The molecule has 8 atom stereocenters. The first-order chi connectivity index (χ1) is 18.9. The number of piperidine rings is 1. The molecule has 0 spiro atoms. The Hall–Kier alpha value is -2.06. The van der Waals surface area contributed by atoms with Crippen LogP contribution >= 0.6 is 0 Å². The average Bonchev–Trinajstić information content (AvgIpc) is 3.42. The summed E-state index contributed by atoms with van der Waals surface area (Å²) in [4.78, 5) is 15.9. The van der Waals surface area contributed by atoms with E-state index in [0.29, 0.717) is 31.1 Å². The van der Waals surface area contributed by atoms with Crippen molar-refractivity contribution < 1.29 is 13.9 Å². The minimum absolute atomic E-state index is 0.158. The van der Waals surface area contributed by atoms with Crippen LogP contribution in [0.4, 0.5) is 4.39 Å². The normalized spacial score (nSPS) is 39.1. The third-order valence-corrected chi connectivity index (χ3v) is 9.28. The molecule has 216 valence electrons. The highest BCUT2D eigenvalue weighted by molar-refractivity contribution is 5.90. The molecule has 6 aliphatic rings. The van der Waals surface area contributed by atoms with Crippen molar-refractivity contribution in [2.45, 2.75) is 81.8 Å². The van der Waals surface area contributed by atoms with Gasteiger partial charge in [-0.05, 0) is 50.2 Å². The SMILES string of the molecule is C=C(F)C(=O)N1CCN(C2CCC3NCNC(NC4CCC(OC5=CC6NCNN6C=C5)C(C)C4)C3N2)CC1. The van der Waals surface area contributed by atoms with Crippen molar-refractivity contribution in [1.82, 2.24) is 46.8 Å². The lowest BCUT2D eigenvalue weighted by Crippen LogP contribution is -2.75. The van der Waals surface area contributed by atoms with Gasteiger partial charge < -0.3 is 9.64 Å². The molecule has 0 radical (unpaired) electrons. The van der Waals surface area contributed by atoms with Gasteiger partial charge in [0.1, 0.15) is 18.0 Å². The number of nitrogens with one attached hydrogen (secondary N) is 6. The van der Waals surface area contributed by atoms with E-state index in [0.717, 1.165) is 64.3 Å². The number of nitrogens with zero attached hydrogens (tertiary/aromatic N) is 3. The Bertz CT molecular complexity index is 971. The Kier molecular flexibility index (Phi) is 8.22. The molecule has 39 heavy (non-hydrogen) atoms. The fourth-order valence-corrected chi connectivity index (χ4v) is 7.07. The molecular weight excluding hydrogens is 501 g/mol. The molecule has 4 saturated heterocycles. The minimum atomic E-state index is -0.872. The van der Waals surface area contributed by atoms with Crippen LogP contribution in [0.2, 0.25) is 0 Å². The molecule has 0 bridgehead atoms. The molecule has 1 amide bonds. The van der Waals surface area contributed by atoms with Crippen molar-refractivity contribution in [3.05, 3.63) is 36.5 Å². The Morgan fingerprint density at radius 2 is 1.95 bits per heavy atom. The summed E-state index contributed by atoms with van der Waals surface area (Å²) in [5.74, 6) is -0.0335. The number of carbonyl (C=O) groups is 1. The lowest BCUT2D eigenvalue weighted by Gasteiger charge is -2.50. The molecule has 0 aromatic carbocycles. The van der Waals surface area contributed by atoms with Gasteiger partial charge in [-0.15, -0.1) is 0 Å². The summed E-state index contributed by atoms with van der Waals surface area (Å²) in [5.41, 5.74) is 3.27. The second kappa shape index (κ2) is 11.8. The summed E-state index contributed by atoms with van der Waals surface area (Å²) in [5, 5.41) is 20.6. The molecule has 1 saturated carbocycles. The number of halogens is 1. The van der Waals surface area contributed by atoms with E-state index in [4.69, 9.17) is 4.74 Å². The van der Waals surface area contributed by atoms with E-state index in [2.05, 4.69) is 61.5 Å². The number of carbonyl (C=O) groups excluding carboxylic acids is 1. The first-order valence-corrected chi connectivity index (χ1v) is 14.6. The number of ether oxygens (including phenoxy) is 1. The van der Waals surface area contributed by atoms with E-state index in [9.17, 15) is 9.18 Å². The van der Waals surface area contributed by atoms with Crippen molar-refractivity contribution >= 4 is 5.91 Å². The van der Waals surface area contributed by atoms with Gasteiger partial charge in [0, 0.05) is 51.1 Å². The van der Waals surface area contributed by atoms with Gasteiger partial charge in [0.25, 0.3) is 5.91 Å². The molecule has 5 aliphatic heterocycles. The second-order valence-corrected chi connectivity index (χ2v) is 11.8. The van der Waals surface area contributed by atoms with Gasteiger partial charge in [-0.2, -0.15) is 0 Å². The maximum Gasteiger partial charge on any atom is 0.282 e. The molecule has 0 aromatic rings. The minimum Gasteiger partial charge on any atom is -0.490 e. The van der Waals surface area contributed by atoms with E-state index in [-0.39, 0.29) is 30.6 Å². The molecule has 6 N–H and O–H groups in total. The van der Waals surface area contributed by atoms with Gasteiger partial charge in [0.05, 0.1) is 25.0 Å². The topological polar surface area (TPSA) is 108 Å². The molecule has 8 unspecified atom stereocenters. The monoisotopic (exact) mass is 545 g/mol. The summed E-state index contributed by atoms with van der Waals surface area (Å²) in [7, 11) is 0. The number of allylic oxidation sites excluding steroid dienone is 1. The lowest BCUT2D eigenvalue weighted by atomic mass is 9.83. The Labute approximate surface area is 230 Å². The van der Waals surface area contributed by atoms with Gasteiger partial charge in [0.15, 0.2) is 5.83 Å².